The summed E-state index contributed by atoms with van der Waals surface area (Å²) in [5.41, 5.74) is 10.8. The molecule has 0 saturated carbocycles. The molecule has 0 unspecified atom stereocenters. The molecule has 0 aromatic carbocycles. The highest BCUT2D eigenvalue weighted by Crippen LogP contribution is 2.15. The van der Waals surface area contributed by atoms with Crippen LogP contribution in [0.5, 0.6) is 0 Å². The molecule has 0 fully saturated rings. The Balaban J connectivity index is 2.39. The predicted octanol–water partition coefficient (Wildman–Crippen LogP) is 0.0604. The fourth-order valence-corrected chi connectivity index (χ4v) is 1.10. The Morgan fingerprint density at radius 1 is 1.50 bits per heavy atom. The SMILES string of the molecule is NC1=C2C=CC=CN2NC1. The van der Waals surface area contributed by atoms with E-state index in [1.54, 1.807) is 0 Å². The summed E-state index contributed by atoms with van der Waals surface area (Å²) in [5.74, 6) is 0. The summed E-state index contributed by atoms with van der Waals surface area (Å²) < 4.78 is 0. The van der Waals surface area contributed by atoms with Crippen LogP contribution in [0, 0.1) is 0 Å². The molecule has 0 aromatic heterocycles. The van der Waals surface area contributed by atoms with Gasteiger partial charge in [-0.05, 0) is 12.2 Å². The number of rotatable bonds is 0. The van der Waals surface area contributed by atoms with E-state index >= 15 is 0 Å². The number of fused-ring (bicyclic) bond motifs is 1. The van der Waals surface area contributed by atoms with Gasteiger partial charge in [-0.1, -0.05) is 6.08 Å². The van der Waals surface area contributed by atoms with Crippen LogP contribution >= 0.6 is 0 Å². The van der Waals surface area contributed by atoms with Crippen LogP contribution in [0.4, 0.5) is 0 Å². The fraction of sp³-hybridized carbons (Fsp3) is 0.143. The molecule has 3 heteroatoms. The number of hydrogen-bond acceptors (Lipinski definition) is 3. The maximum absolute atomic E-state index is 5.68. The van der Waals surface area contributed by atoms with E-state index in [-0.39, 0.29) is 0 Å². The number of allylic oxidation sites excluding steroid dienone is 3. The third-order valence-electron chi connectivity index (χ3n) is 1.63. The Morgan fingerprint density at radius 3 is 3.20 bits per heavy atom. The van der Waals surface area contributed by atoms with Gasteiger partial charge in [0.25, 0.3) is 0 Å². The lowest BCUT2D eigenvalue weighted by Gasteiger charge is -2.16. The first-order valence-corrected chi connectivity index (χ1v) is 3.24. The lowest BCUT2D eigenvalue weighted by Crippen LogP contribution is -2.26. The van der Waals surface area contributed by atoms with Crippen LogP contribution in [0.25, 0.3) is 0 Å². The molecule has 0 radical (unpaired) electrons. The highest BCUT2D eigenvalue weighted by Gasteiger charge is 2.16. The van der Waals surface area contributed by atoms with Gasteiger partial charge >= 0.3 is 0 Å². The fourth-order valence-electron chi connectivity index (χ4n) is 1.10. The van der Waals surface area contributed by atoms with Gasteiger partial charge in [0, 0.05) is 11.9 Å². The summed E-state index contributed by atoms with van der Waals surface area (Å²) in [6, 6.07) is 0. The molecule has 52 valence electrons. The molecule has 2 aliphatic rings. The molecule has 3 nitrogen and oxygen atoms in total. The zero-order chi connectivity index (χ0) is 6.97. The second-order valence-electron chi connectivity index (χ2n) is 2.32. The first kappa shape index (κ1) is 5.56. The van der Waals surface area contributed by atoms with Crippen molar-refractivity contribution in [2.45, 2.75) is 0 Å². The molecule has 0 amide bonds. The zero-order valence-corrected chi connectivity index (χ0v) is 5.54. The van der Waals surface area contributed by atoms with E-state index in [1.807, 2.05) is 29.4 Å². The van der Waals surface area contributed by atoms with E-state index < -0.39 is 0 Å². The smallest absolute Gasteiger partial charge is 0.0772 e. The van der Waals surface area contributed by atoms with E-state index in [1.165, 1.54) is 0 Å². The number of nitrogens with zero attached hydrogens (tertiary/aromatic N) is 1. The highest BCUT2D eigenvalue weighted by atomic mass is 15.5. The van der Waals surface area contributed by atoms with Gasteiger partial charge in [0.15, 0.2) is 0 Å². The van der Waals surface area contributed by atoms with E-state index in [0.717, 1.165) is 17.9 Å². The highest BCUT2D eigenvalue weighted by molar-refractivity contribution is 5.33. The molecule has 2 aliphatic heterocycles. The van der Waals surface area contributed by atoms with Crippen LogP contribution in [0.15, 0.2) is 35.8 Å². The van der Waals surface area contributed by atoms with Gasteiger partial charge in [0.2, 0.25) is 0 Å². The topological polar surface area (TPSA) is 41.3 Å². The van der Waals surface area contributed by atoms with Gasteiger partial charge in [-0.15, -0.1) is 0 Å². The second-order valence-corrected chi connectivity index (χ2v) is 2.32. The summed E-state index contributed by atoms with van der Waals surface area (Å²) in [6.45, 7) is 0.754. The monoisotopic (exact) mass is 135 g/mol. The molecule has 2 rings (SSSR count). The van der Waals surface area contributed by atoms with Gasteiger partial charge in [-0.3, -0.25) is 5.01 Å². The summed E-state index contributed by atoms with van der Waals surface area (Å²) in [7, 11) is 0. The molecule has 2 heterocycles. The average Bonchev–Trinajstić information content (AvgIpc) is 2.34. The number of hydrazine groups is 1. The van der Waals surface area contributed by atoms with Gasteiger partial charge in [-0.2, -0.15) is 0 Å². The quantitative estimate of drug-likeness (QED) is 0.493. The van der Waals surface area contributed by atoms with Crippen molar-refractivity contribution in [2.75, 3.05) is 6.54 Å². The Hall–Kier alpha value is -1.22. The molecule has 0 saturated heterocycles. The Labute approximate surface area is 59.5 Å². The first-order valence-electron chi connectivity index (χ1n) is 3.24. The number of hydrogen-bond donors (Lipinski definition) is 2. The van der Waals surface area contributed by atoms with Crippen molar-refractivity contribution in [3.05, 3.63) is 35.8 Å². The third kappa shape index (κ3) is 0.642. The summed E-state index contributed by atoms with van der Waals surface area (Å²) >= 11 is 0. The molecular formula is C7H9N3. The van der Waals surface area contributed by atoms with Gasteiger partial charge < -0.3 is 5.73 Å². The third-order valence-corrected chi connectivity index (χ3v) is 1.63. The second kappa shape index (κ2) is 1.88. The standard InChI is InChI=1S/C7H9N3/c8-6-5-9-10-4-2-1-3-7(6)10/h1-4,9H,5,8H2. The first-order chi connectivity index (χ1) is 4.88. The van der Waals surface area contributed by atoms with Gasteiger partial charge in [0.05, 0.1) is 12.2 Å². The summed E-state index contributed by atoms with van der Waals surface area (Å²) in [5, 5.41) is 1.93. The van der Waals surface area contributed by atoms with E-state index in [9.17, 15) is 0 Å². The minimum Gasteiger partial charge on any atom is -0.399 e. The van der Waals surface area contributed by atoms with Crippen LogP contribution in [0.1, 0.15) is 0 Å². The number of nitrogens with two attached hydrogens (primary N) is 1. The van der Waals surface area contributed by atoms with Crippen molar-refractivity contribution in [1.29, 1.82) is 0 Å². The maximum Gasteiger partial charge on any atom is 0.0772 e. The Morgan fingerprint density at radius 2 is 2.40 bits per heavy atom. The summed E-state index contributed by atoms with van der Waals surface area (Å²) in [6.07, 6.45) is 7.89. The van der Waals surface area contributed by atoms with Crippen molar-refractivity contribution in [2.24, 2.45) is 5.73 Å². The largest absolute Gasteiger partial charge is 0.399 e. The Kier molecular flexibility index (Phi) is 1.05. The van der Waals surface area contributed by atoms with Crippen LogP contribution in [-0.2, 0) is 0 Å². The van der Waals surface area contributed by atoms with Gasteiger partial charge in [-0.25, -0.2) is 5.43 Å². The van der Waals surface area contributed by atoms with E-state index in [2.05, 4.69) is 5.43 Å². The molecule has 0 aliphatic carbocycles. The van der Waals surface area contributed by atoms with Crippen LogP contribution in [0.3, 0.4) is 0 Å². The normalized spacial score (nSPS) is 22.2. The van der Waals surface area contributed by atoms with Crippen LogP contribution < -0.4 is 11.2 Å². The van der Waals surface area contributed by atoms with Crippen molar-refractivity contribution < 1.29 is 0 Å². The van der Waals surface area contributed by atoms with Crippen molar-refractivity contribution in [3.63, 3.8) is 0 Å². The van der Waals surface area contributed by atoms with E-state index in [0.29, 0.717) is 0 Å². The molecule has 0 bridgehead atoms. The molecule has 0 atom stereocenters. The van der Waals surface area contributed by atoms with Crippen molar-refractivity contribution >= 4 is 0 Å². The zero-order valence-electron chi connectivity index (χ0n) is 5.54. The van der Waals surface area contributed by atoms with Crippen molar-refractivity contribution in [1.82, 2.24) is 10.4 Å². The van der Waals surface area contributed by atoms with Crippen molar-refractivity contribution in [3.8, 4) is 0 Å². The lowest BCUT2D eigenvalue weighted by atomic mass is 10.3. The maximum atomic E-state index is 5.68. The summed E-state index contributed by atoms with van der Waals surface area (Å²) in [4.78, 5) is 0. The molecule has 0 spiro atoms. The van der Waals surface area contributed by atoms with Crippen LogP contribution in [0.2, 0.25) is 0 Å². The molecule has 0 aromatic rings. The minimum absolute atomic E-state index is 0.754. The van der Waals surface area contributed by atoms with Crippen LogP contribution in [-0.4, -0.2) is 11.6 Å². The van der Waals surface area contributed by atoms with E-state index in [4.69, 9.17) is 5.73 Å². The number of nitrogens with one attached hydrogen (secondary N) is 1. The molecule has 10 heavy (non-hydrogen) atoms. The van der Waals surface area contributed by atoms with Gasteiger partial charge in [0.1, 0.15) is 0 Å². The predicted molar refractivity (Wildman–Crippen MR) is 39.3 cm³/mol. The minimum atomic E-state index is 0.754. The molecule has 3 N–H and O–H groups in total. The molecular weight excluding hydrogens is 126 g/mol. The Bertz CT molecular complexity index is 237. The lowest BCUT2D eigenvalue weighted by molar-refractivity contribution is 0.395. The average molecular weight is 135 g/mol.